The third-order valence-electron chi connectivity index (χ3n) is 4.37. The fourth-order valence-corrected chi connectivity index (χ4v) is 3.07. The summed E-state index contributed by atoms with van der Waals surface area (Å²) in [6, 6.07) is 0. The van der Waals surface area contributed by atoms with Crippen molar-refractivity contribution >= 4 is 17.4 Å². The molecule has 1 fully saturated rings. The van der Waals surface area contributed by atoms with Crippen LogP contribution in [0.15, 0.2) is 0 Å². The van der Waals surface area contributed by atoms with Crippen LogP contribution in [0.1, 0.15) is 31.9 Å². The average Bonchev–Trinajstić information content (AvgIpc) is 2.65. The minimum Gasteiger partial charge on any atom is -0.381 e. The van der Waals surface area contributed by atoms with E-state index in [2.05, 4.69) is 22.7 Å². The predicted octanol–water partition coefficient (Wildman–Crippen LogP) is 1.53. The number of fused-ring (bicyclic) bond motifs is 1. The van der Waals surface area contributed by atoms with E-state index in [0.717, 1.165) is 42.9 Å². The Balaban J connectivity index is 1.92. The maximum absolute atomic E-state index is 12.7. The van der Waals surface area contributed by atoms with E-state index < -0.39 is 0 Å². The molecular formula is C14H22N4O2. The first-order valence-electron chi connectivity index (χ1n) is 7.35. The molecule has 0 saturated carbocycles. The van der Waals surface area contributed by atoms with E-state index >= 15 is 0 Å². The number of nitrogens with zero attached hydrogens (tertiary/aromatic N) is 2. The van der Waals surface area contributed by atoms with E-state index in [0.29, 0.717) is 19.8 Å². The van der Waals surface area contributed by atoms with Crippen molar-refractivity contribution in [1.82, 2.24) is 9.78 Å². The van der Waals surface area contributed by atoms with Crippen molar-refractivity contribution in [2.75, 3.05) is 30.4 Å². The number of aromatic nitrogens is 2. The highest BCUT2D eigenvalue weighted by molar-refractivity contribution is 6.00. The highest BCUT2D eigenvalue weighted by Gasteiger charge is 2.42. The smallest absolute Gasteiger partial charge is 0.232 e. The van der Waals surface area contributed by atoms with Crippen LogP contribution < -0.4 is 10.6 Å². The topological polar surface area (TPSA) is 68.2 Å². The summed E-state index contributed by atoms with van der Waals surface area (Å²) in [7, 11) is 1.92. The molecule has 0 radical (unpaired) electrons. The summed E-state index contributed by atoms with van der Waals surface area (Å²) >= 11 is 0. The quantitative estimate of drug-likeness (QED) is 0.861. The fourth-order valence-electron chi connectivity index (χ4n) is 3.07. The molecule has 6 heteroatoms. The van der Waals surface area contributed by atoms with Crippen LogP contribution in [0.3, 0.4) is 0 Å². The molecule has 2 aliphatic heterocycles. The van der Waals surface area contributed by atoms with Crippen LogP contribution >= 0.6 is 0 Å². The van der Waals surface area contributed by atoms with Crippen LogP contribution in [-0.4, -0.2) is 35.4 Å². The molecule has 1 saturated heterocycles. The van der Waals surface area contributed by atoms with Gasteiger partial charge in [0.2, 0.25) is 5.91 Å². The highest BCUT2D eigenvalue weighted by atomic mass is 16.5. The molecule has 6 nitrogen and oxygen atoms in total. The zero-order valence-corrected chi connectivity index (χ0v) is 12.2. The largest absolute Gasteiger partial charge is 0.381 e. The Morgan fingerprint density at radius 1 is 1.40 bits per heavy atom. The molecule has 1 amide bonds. The monoisotopic (exact) mass is 278 g/mol. The number of aryl methyl sites for hydroxylation is 2. The maximum atomic E-state index is 12.7. The Hall–Kier alpha value is -1.56. The van der Waals surface area contributed by atoms with E-state index in [1.807, 2.05) is 11.7 Å². The van der Waals surface area contributed by atoms with Crippen molar-refractivity contribution in [1.29, 1.82) is 0 Å². The van der Waals surface area contributed by atoms with Gasteiger partial charge in [-0.25, -0.2) is 0 Å². The first-order valence-corrected chi connectivity index (χ1v) is 7.35. The van der Waals surface area contributed by atoms with Crippen LogP contribution in [-0.2, 0) is 23.0 Å². The molecule has 110 valence electrons. The molecule has 1 spiro atoms. The number of amides is 1. The normalized spacial score (nSPS) is 21.0. The first kappa shape index (κ1) is 13.4. The number of anilines is 2. The van der Waals surface area contributed by atoms with Crippen LogP contribution in [0, 0.1) is 5.41 Å². The second kappa shape index (κ2) is 5.09. The van der Waals surface area contributed by atoms with Gasteiger partial charge in [-0.15, -0.1) is 0 Å². The summed E-state index contributed by atoms with van der Waals surface area (Å²) < 4.78 is 7.24. The second-order valence-corrected chi connectivity index (χ2v) is 5.74. The van der Waals surface area contributed by atoms with E-state index in [9.17, 15) is 4.79 Å². The van der Waals surface area contributed by atoms with E-state index in [1.165, 1.54) is 0 Å². The number of ether oxygens (including phenoxy) is 1. The van der Waals surface area contributed by atoms with Crippen molar-refractivity contribution in [3.63, 3.8) is 0 Å². The van der Waals surface area contributed by atoms with Crippen molar-refractivity contribution in [2.24, 2.45) is 12.5 Å². The number of carbonyl (C=O) groups excluding carboxylic acids is 1. The van der Waals surface area contributed by atoms with Crippen molar-refractivity contribution in [2.45, 2.75) is 32.6 Å². The standard InChI is InChI=1S/C14H22N4O2/c1-3-4-10-11-12(18(2)17-10)15-9-14(13(19)16-11)5-7-20-8-6-14/h15H,3-9H2,1-2H3,(H,16,19). The Morgan fingerprint density at radius 2 is 2.15 bits per heavy atom. The van der Waals surface area contributed by atoms with Crippen molar-refractivity contribution < 1.29 is 9.53 Å². The summed E-state index contributed by atoms with van der Waals surface area (Å²) in [5, 5.41) is 11.0. The Kier molecular flexibility index (Phi) is 3.41. The van der Waals surface area contributed by atoms with Crippen molar-refractivity contribution in [3.05, 3.63) is 5.69 Å². The van der Waals surface area contributed by atoms with Crippen molar-refractivity contribution in [3.8, 4) is 0 Å². The van der Waals surface area contributed by atoms with Crippen LogP contribution in [0.2, 0.25) is 0 Å². The molecule has 1 aromatic rings. The van der Waals surface area contributed by atoms with Gasteiger partial charge < -0.3 is 15.4 Å². The molecule has 2 N–H and O–H groups in total. The molecule has 0 aliphatic carbocycles. The Bertz CT molecular complexity index is 517. The molecule has 0 atom stereocenters. The Labute approximate surface area is 118 Å². The molecule has 20 heavy (non-hydrogen) atoms. The number of hydrogen-bond acceptors (Lipinski definition) is 4. The molecule has 1 aromatic heterocycles. The molecular weight excluding hydrogens is 256 g/mol. The number of nitrogens with one attached hydrogen (secondary N) is 2. The molecule has 2 aliphatic rings. The summed E-state index contributed by atoms with van der Waals surface area (Å²) in [6.45, 7) is 4.09. The van der Waals surface area contributed by atoms with Gasteiger partial charge in [-0.2, -0.15) is 5.10 Å². The van der Waals surface area contributed by atoms with E-state index in [1.54, 1.807) is 0 Å². The summed E-state index contributed by atoms with van der Waals surface area (Å²) in [6.07, 6.45) is 3.44. The zero-order valence-electron chi connectivity index (χ0n) is 12.2. The SMILES string of the molecule is CCCc1nn(C)c2c1NC(=O)C1(CCOCC1)CN2. The lowest BCUT2D eigenvalue weighted by Crippen LogP contribution is -2.44. The summed E-state index contributed by atoms with van der Waals surface area (Å²) in [5.74, 6) is 1.03. The molecule has 0 unspecified atom stereocenters. The minimum atomic E-state index is -0.346. The molecule has 0 aromatic carbocycles. The van der Waals surface area contributed by atoms with Gasteiger partial charge >= 0.3 is 0 Å². The van der Waals surface area contributed by atoms with Gasteiger partial charge in [-0.1, -0.05) is 13.3 Å². The zero-order chi connectivity index (χ0) is 14.2. The van der Waals surface area contributed by atoms with E-state index in [-0.39, 0.29) is 11.3 Å². The first-order chi connectivity index (χ1) is 9.66. The van der Waals surface area contributed by atoms with Gasteiger partial charge in [0.15, 0.2) is 0 Å². The average molecular weight is 278 g/mol. The minimum absolute atomic E-state index is 0.109. The number of hydrogen-bond donors (Lipinski definition) is 2. The molecule has 0 bridgehead atoms. The van der Waals surface area contributed by atoms with Crippen LogP contribution in [0.4, 0.5) is 11.5 Å². The third kappa shape index (κ3) is 2.08. The molecule has 3 rings (SSSR count). The second-order valence-electron chi connectivity index (χ2n) is 5.74. The highest BCUT2D eigenvalue weighted by Crippen LogP contribution is 2.38. The number of rotatable bonds is 2. The third-order valence-corrected chi connectivity index (χ3v) is 4.37. The fraction of sp³-hybridized carbons (Fsp3) is 0.714. The van der Waals surface area contributed by atoms with Gasteiger partial charge in [-0.05, 0) is 19.3 Å². The van der Waals surface area contributed by atoms with Crippen LogP contribution in [0.25, 0.3) is 0 Å². The van der Waals surface area contributed by atoms with Gasteiger partial charge in [0.1, 0.15) is 11.5 Å². The van der Waals surface area contributed by atoms with Gasteiger partial charge in [0, 0.05) is 26.8 Å². The lowest BCUT2D eigenvalue weighted by Gasteiger charge is -2.34. The Morgan fingerprint density at radius 3 is 2.85 bits per heavy atom. The predicted molar refractivity (Wildman–Crippen MR) is 76.8 cm³/mol. The molecule has 3 heterocycles. The summed E-state index contributed by atoms with van der Waals surface area (Å²) in [5.41, 5.74) is 1.48. The summed E-state index contributed by atoms with van der Waals surface area (Å²) in [4.78, 5) is 12.7. The maximum Gasteiger partial charge on any atom is 0.232 e. The lowest BCUT2D eigenvalue weighted by atomic mass is 9.79. The van der Waals surface area contributed by atoms with E-state index in [4.69, 9.17) is 4.74 Å². The van der Waals surface area contributed by atoms with Gasteiger partial charge in [0.25, 0.3) is 0 Å². The van der Waals surface area contributed by atoms with Crippen LogP contribution in [0.5, 0.6) is 0 Å². The van der Waals surface area contributed by atoms with Gasteiger partial charge in [-0.3, -0.25) is 9.48 Å². The number of carbonyl (C=O) groups is 1. The van der Waals surface area contributed by atoms with Gasteiger partial charge in [0.05, 0.1) is 11.1 Å². The lowest BCUT2D eigenvalue weighted by molar-refractivity contribution is -0.129.